The number of nitrogens with zero attached hydrogens (tertiary/aromatic N) is 1. The summed E-state index contributed by atoms with van der Waals surface area (Å²) in [4.78, 5) is 26.5. The van der Waals surface area contributed by atoms with Gasteiger partial charge in [0.1, 0.15) is 5.52 Å². The van der Waals surface area contributed by atoms with Gasteiger partial charge in [0, 0.05) is 16.8 Å². The zero-order valence-electron chi connectivity index (χ0n) is 14.4. The van der Waals surface area contributed by atoms with Crippen molar-refractivity contribution in [3.05, 3.63) is 82.8 Å². The molecule has 2 N–H and O–H groups in total. The van der Waals surface area contributed by atoms with Crippen LogP contribution in [0.2, 0.25) is 0 Å². The van der Waals surface area contributed by atoms with Gasteiger partial charge in [0.15, 0.2) is 11.3 Å². The lowest BCUT2D eigenvalue weighted by molar-refractivity contribution is 0.102. The van der Waals surface area contributed by atoms with Crippen molar-refractivity contribution in [3.8, 4) is 11.3 Å². The van der Waals surface area contributed by atoms with E-state index in [1.165, 1.54) is 0 Å². The first-order valence-electron chi connectivity index (χ1n) is 8.56. The molecule has 1 amide bonds. The number of amides is 1. The smallest absolute Gasteiger partial charge is 0.408 e. The van der Waals surface area contributed by atoms with E-state index in [0.29, 0.717) is 33.6 Å². The molecule has 0 bridgehead atoms. The number of H-pyrrole nitrogens is 1. The standard InChI is InChI=1S/C21H13N3O4/c25-20(22-14-7-9-18-17(11-14)23-21(26)27-18)13-6-8-16-15(10-13)19(28-24-16)12-4-2-1-3-5-12/h1-11H,(H,22,25)(H,23,26). The molecule has 5 rings (SSSR count). The second-order valence-corrected chi connectivity index (χ2v) is 6.29. The molecule has 7 heteroatoms. The van der Waals surface area contributed by atoms with Gasteiger partial charge in [-0.25, -0.2) is 4.79 Å². The van der Waals surface area contributed by atoms with E-state index in [2.05, 4.69) is 15.5 Å². The lowest BCUT2D eigenvalue weighted by atomic mass is 10.1. The highest BCUT2D eigenvalue weighted by Crippen LogP contribution is 2.29. The Morgan fingerprint density at radius 1 is 1.00 bits per heavy atom. The van der Waals surface area contributed by atoms with Crippen LogP contribution in [0.3, 0.4) is 0 Å². The van der Waals surface area contributed by atoms with Gasteiger partial charge < -0.3 is 14.3 Å². The number of rotatable bonds is 3. The molecular weight excluding hydrogens is 358 g/mol. The number of anilines is 1. The topological polar surface area (TPSA) is 101 Å². The molecule has 0 aliphatic rings. The number of nitrogens with one attached hydrogen (secondary N) is 2. The minimum Gasteiger partial charge on any atom is -0.408 e. The van der Waals surface area contributed by atoms with Crippen LogP contribution in [0.4, 0.5) is 5.69 Å². The molecule has 0 atom stereocenters. The number of hydrogen-bond donors (Lipinski definition) is 2. The highest BCUT2D eigenvalue weighted by molar-refractivity contribution is 6.07. The van der Waals surface area contributed by atoms with Crippen molar-refractivity contribution in [2.24, 2.45) is 0 Å². The van der Waals surface area contributed by atoms with Crippen LogP contribution >= 0.6 is 0 Å². The van der Waals surface area contributed by atoms with Crippen molar-refractivity contribution in [3.63, 3.8) is 0 Å². The van der Waals surface area contributed by atoms with Gasteiger partial charge in [0.25, 0.3) is 5.91 Å². The van der Waals surface area contributed by atoms with Crippen LogP contribution in [0, 0.1) is 0 Å². The van der Waals surface area contributed by atoms with Crippen molar-refractivity contribution >= 4 is 33.6 Å². The number of hydrogen-bond acceptors (Lipinski definition) is 5. The normalized spacial score (nSPS) is 11.1. The average molecular weight is 371 g/mol. The minimum atomic E-state index is -0.537. The van der Waals surface area contributed by atoms with Crippen molar-refractivity contribution < 1.29 is 13.7 Å². The molecule has 2 aromatic heterocycles. The number of aromatic nitrogens is 2. The third kappa shape index (κ3) is 2.75. The van der Waals surface area contributed by atoms with Gasteiger partial charge in [-0.1, -0.05) is 35.5 Å². The summed E-state index contributed by atoms with van der Waals surface area (Å²) in [5, 5.41) is 7.65. The number of aromatic amines is 1. The Kier molecular flexibility index (Phi) is 3.58. The van der Waals surface area contributed by atoms with E-state index in [1.807, 2.05) is 30.3 Å². The van der Waals surface area contributed by atoms with E-state index in [4.69, 9.17) is 8.94 Å². The first-order chi connectivity index (χ1) is 13.7. The Hall–Kier alpha value is -4.13. The molecule has 0 unspecified atom stereocenters. The molecule has 28 heavy (non-hydrogen) atoms. The Bertz CT molecular complexity index is 1380. The van der Waals surface area contributed by atoms with E-state index in [1.54, 1.807) is 36.4 Å². The summed E-state index contributed by atoms with van der Waals surface area (Å²) >= 11 is 0. The Labute approximate surface area is 157 Å². The molecular formula is C21H13N3O4. The van der Waals surface area contributed by atoms with Gasteiger partial charge in [-0.05, 0) is 36.4 Å². The Morgan fingerprint density at radius 2 is 1.86 bits per heavy atom. The van der Waals surface area contributed by atoms with E-state index < -0.39 is 5.76 Å². The van der Waals surface area contributed by atoms with Crippen molar-refractivity contribution in [2.75, 3.05) is 5.32 Å². The molecule has 2 heterocycles. The van der Waals surface area contributed by atoms with Crippen molar-refractivity contribution in [2.45, 2.75) is 0 Å². The molecule has 0 radical (unpaired) electrons. The van der Waals surface area contributed by atoms with Gasteiger partial charge >= 0.3 is 5.76 Å². The molecule has 7 nitrogen and oxygen atoms in total. The zero-order chi connectivity index (χ0) is 19.1. The number of oxazole rings is 1. The largest absolute Gasteiger partial charge is 0.417 e. The summed E-state index contributed by atoms with van der Waals surface area (Å²) in [7, 11) is 0. The minimum absolute atomic E-state index is 0.285. The SMILES string of the molecule is O=C(Nc1ccc2oc(=O)[nH]c2c1)c1ccc2noc(-c3ccccc3)c2c1. The zero-order valence-corrected chi connectivity index (χ0v) is 14.4. The Morgan fingerprint density at radius 3 is 2.71 bits per heavy atom. The van der Waals surface area contributed by atoms with Crippen molar-refractivity contribution in [1.82, 2.24) is 10.1 Å². The maximum Gasteiger partial charge on any atom is 0.417 e. The molecule has 0 saturated carbocycles. The second kappa shape index (κ2) is 6.24. The predicted molar refractivity (Wildman–Crippen MR) is 104 cm³/mol. The molecule has 0 saturated heterocycles. The lowest BCUT2D eigenvalue weighted by Gasteiger charge is -2.05. The second-order valence-electron chi connectivity index (χ2n) is 6.29. The molecule has 136 valence electrons. The van der Waals surface area contributed by atoms with Crippen LogP contribution in [0.25, 0.3) is 33.3 Å². The summed E-state index contributed by atoms with van der Waals surface area (Å²) in [6.45, 7) is 0. The summed E-state index contributed by atoms with van der Waals surface area (Å²) in [6.07, 6.45) is 0. The Balaban J connectivity index is 1.49. The fourth-order valence-electron chi connectivity index (χ4n) is 3.11. The van der Waals surface area contributed by atoms with Crippen LogP contribution in [0.5, 0.6) is 0 Å². The third-order valence-electron chi connectivity index (χ3n) is 4.45. The van der Waals surface area contributed by atoms with Gasteiger partial charge in [0.2, 0.25) is 0 Å². The average Bonchev–Trinajstić information content (AvgIpc) is 3.30. The van der Waals surface area contributed by atoms with Crippen molar-refractivity contribution in [1.29, 1.82) is 0 Å². The van der Waals surface area contributed by atoms with Crippen LogP contribution in [-0.4, -0.2) is 16.0 Å². The van der Waals surface area contributed by atoms with E-state index in [0.717, 1.165) is 10.9 Å². The van der Waals surface area contributed by atoms with Crippen LogP contribution in [0.1, 0.15) is 10.4 Å². The summed E-state index contributed by atoms with van der Waals surface area (Å²) < 4.78 is 10.4. The van der Waals surface area contributed by atoms with Crippen LogP contribution in [0.15, 0.2) is 80.5 Å². The summed E-state index contributed by atoms with van der Waals surface area (Å²) in [5.41, 5.74) is 3.52. The molecule has 3 aromatic carbocycles. The number of fused-ring (bicyclic) bond motifs is 2. The fraction of sp³-hybridized carbons (Fsp3) is 0. The number of benzene rings is 3. The van der Waals surface area contributed by atoms with Gasteiger partial charge in [-0.2, -0.15) is 0 Å². The maximum absolute atomic E-state index is 12.7. The molecule has 5 aromatic rings. The predicted octanol–water partition coefficient (Wildman–Crippen LogP) is 4.18. The van der Waals surface area contributed by atoms with Gasteiger partial charge in [-0.15, -0.1) is 0 Å². The molecule has 0 aliphatic carbocycles. The first-order valence-corrected chi connectivity index (χ1v) is 8.56. The monoisotopic (exact) mass is 371 g/mol. The molecule has 0 fully saturated rings. The third-order valence-corrected chi connectivity index (χ3v) is 4.45. The van der Waals surface area contributed by atoms with Gasteiger partial charge in [0.05, 0.1) is 10.9 Å². The fourth-order valence-corrected chi connectivity index (χ4v) is 3.11. The number of carbonyl (C=O) groups excluding carboxylic acids is 1. The summed E-state index contributed by atoms with van der Waals surface area (Å²) in [5.74, 6) is -0.209. The summed E-state index contributed by atoms with van der Waals surface area (Å²) in [6, 6.07) is 19.7. The van der Waals surface area contributed by atoms with E-state index in [-0.39, 0.29) is 5.91 Å². The van der Waals surface area contributed by atoms with Gasteiger partial charge in [-0.3, -0.25) is 9.78 Å². The molecule has 0 spiro atoms. The lowest BCUT2D eigenvalue weighted by Crippen LogP contribution is -2.11. The highest BCUT2D eigenvalue weighted by atomic mass is 16.5. The van der Waals surface area contributed by atoms with E-state index >= 15 is 0 Å². The quantitative estimate of drug-likeness (QED) is 0.495. The first kappa shape index (κ1) is 16.1. The highest BCUT2D eigenvalue weighted by Gasteiger charge is 2.14. The maximum atomic E-state index is 12.7. The van der Waals surface area contributed by atoms with E-state index in [9.17, 15) is 9.59 Å². The number of carbonyl (C=O) groups is 1. The van der Waals surface area contributed by atoms with Crippen LogP contribution in [-0.2, 0) is 0 Å². The van der Waals surface area contributed by atoms with Crippen LogP contribution < -0.4 is 11.1 Å². The molecule has 0 aliphatic heterocycles.